The zero-order valence-corrected chi connectivity index (χ0v) is 26.9. The van der Waals surface area contributed by atoms with Crippen LogP contribution in [0.5, 0.6) is 0 Å². The number of benzene rings is 1. The second kappa shape index (κ2) is 14.5. The van der Waals surface area contributed by atoms with Crippen molar-refractivity contribution in [3.05, 3.63) is 58.4 Å². The predicted octanol–water partition coefficient (Wildman–Crippen LogP) is 3.31. The van der Waals surface area contributed by atoms with Crippen LogP contribution in [0.15, 0.2) is 36.4 Å². The van der Waals surface area contributed by atoms with Crippen molar-refractivity contribution >= 4 is 52.3 Å². The molecule has 1 fully saturated rings. The van der Waals surface area contributed by atoms with E-state index in [2.05, 4.69) is 14.7 Å². The van der Waals surface area contributed by atoms with Crippen LogP contribution in [0.1, 0.15) is 51.0 Å². The van der Waals surface area contributed by atoms with Crippen molar-refractivity contribution < 1.29 is 13.9 Å². The Morgan fingerprint density at radius 2 is 1.81 bits per heavy atom. The number of carbonyl (C=O) groups is 1. The maximum atomic E-state index is 14.3. The number of ether oxygens (including phenoxy) is 1. The molecule has 0 N–H and O–H groups in total. The van der Waals surface area contributed by atoms with Gasteiger partial charge in [0.15, 0.2) is 0 Å². The first-order valence-electron chi connectivity index (χ1n) is 13.9. The average molecular weight is 656 g/mol. The van der Waals surface area contributed by atoms with E-state index < -0.39 is 17.5 Å². The lowest BCUT2D eigenvalue weighted by molar-refractivity contribution is -0.137. The molecule has 5 rings (SSSR count). The molecule has 0 atom stereocenters. The number of thioether (sulfide) groups is 1. The van der Waals surface area contributed by atoms with Gasteiger partial charge in [-0.25, -0.2) is 28.2 Å². The highest BCUT2D eigenvalue weighted by Gasteiger charge is 2.21. The number of halogens is 2. The molecule has 0 spiro atoms. The predicted molar refractivity (Wildman–Crippen MR) is 165 cm³/mol. The third-order valence-corrected chi connectivity index (χ3v) is 9.54. The molecule has 43 heavy (non-hydrogen) atoms. The third kappa shape index (κ3) is 7.68. The summed E-state index contributed by atoms with van der Waals surface area (Å²) in [7, 11) is 6.49. The number of carbonyl (C=O) groups excluding carboxylic acids is 1. The van der Waals surface area contributed by atoms with Gasteiger partial charge in [-0.1, -0.05) is 30.9 Å². The Bertz CT molecular complexity index is 1720. The Kier molecular flexibility index (Phi) is 11.1. The molecule has 0 unspecified atom stereocenters. The molecule has 1 aliphatic heterocycles. The molecule has 0 radical (unpaired) electrons. The van der Waals surface area contributed by atoms with Crippen molar-refractivity contribution in [3.63, 3.8) is 0 Å². The maximum Gasteiger partial charge on any atom is 0.355 e. The second-order valence-corrected chi connectivity index (χ2v) is 12.7. The molecule has 0 amide bonds. The van der Waals surface area contributed by atoms with Gasteiger partial charge in [-0.2, -0.15) is 4.98 Å². The lowest BCUT2D eigenvalue weighted by Gasteiger charge is -2.24. The monoisotopic (exact) mass is 655 g/mol. The van der Waals surface area contributed by atoms with E-state index >= 15 is 0 Å². The summed E-state index contributed by atoms with van der Waals surface area (Å²) < 4.78 is 25.0. The summed E-state index contributed by atoms with van der Waals surface area (Å²) in [4.78, 5) is 58.5. The molecule has 1 aliphatic carbocycles. The fraction of sp³-hybridized carbons (Fsp3) is 0.556. The lowest BCUT2D eigenvalue weighted by Crippen LogP contribution is -2.45. The molecular weight excluding hydrogens is 621 g/mol. The molecule has 16 heteroatoms. The molecular formula is C27H35ClFN7O5S2. The molecule has 0 saturated heterocycles. The van der Waals surface area contributed by atoms with Crippen LogP contribution in [0.4, 0.5) is 16.0 Å². The number of esters is 1. The van der Waals surface area contributed by atoms with Gasteiger partial charge in [-0.05, 0) is 49.2 Å². The zero-order valence-electron chi connectivity index (χ0n) is 24.5. The number of aromatic nitrogens is 5. The summed E-state index contributed by atoms with van der Waals surface area (Å²) in [5.74, 6) is -0.523. The molecule has 0 bridgehead atoms. The quantitative estimate of drug-likeness (QED) is 0.293. The number of anilines is 1. The first-order chi connectivity index (χ1) is 20.5. The minimum atomic E-state index is -0.580. The van der Waals surface area contributed by atoms with E-state index in [0.717, 1.165) is 67.7 Å². The lowest BCUT2D eigenvalue weighted by atomic mass is 9.95. The molecule has 12 nitrogen and oxygen atoms in total. The van der Waals surface area contributed by atoms with Crippen molar-refractivity contribution in [2.24, 2.45) is 12.0 Å². The van der Waals surface area contributed by atoms with Crippen LogP contribution < -0.4 is 26.0 Å². The first-order valence-corrected chi connectivity index (χ1v) is 16.1. The molecule has 2 aliphatic rings. The number of rotatable bonds is 6. The van der Waals surface area contributed by atoms with E-state index in [1.165, 1.54) is 28.7 Å². The number of hydrogen-bond acceptors (Lipinski definition) is 10. The van der Waals surface area contributed by atoms with Crippen LogP contribution in [-0.2, 0) is 29.7 Å². The Hall–Kier alpha value is -3.17. The van der Waals surface area contributed by atoms with Crippen LogP contribution >= 0.6 is 34.7 Å². The fourth-order valence-electron chi connectivity index (χ4n) is 5.03. The first kappa shape index (κ1) is 32.7. The zero-order chi connectivity index (χ0) is 31.3. The summed E-state index contributed by atoms with van der Waals surface area (Å²) in [6, 6.07) is 2.67. The van der Waals surface area contributed by atoms with E-state index in [4.69, 9.17) is 11.6 Å². The minimum Gasteiger partial charge on any atom is -0.468 e. The summed E-state index contributed by atoms with van der Waals surface area (Å²) in [6.07, 6.45) is 7.04. The summed E-state index contributed by atoms with van der Waals surface area (Å²) in [6.45, 7) is 1.32. The van der Waals surface area contributed by atoms with Gasteiger partial charge >= 0.3 is 22.2 Å². The van der Waals surface area contributed by atoms with Gasteiger partial charge in [-0.3, -0.25) is 18.8 Å². The summed E-state index contributed by atoms with van der Waals surface area (Å²) in [5.41, 5.74) is -0.598. The second-order valence-electron chi connectivity index (χ2n) is 10.4. The topological polar surface area (TPSA) is 126 Å². The normalized spacial score (nSPS) is 15.4. The van der Waals surface area contributed by atoms with Crippen molar-refractivity contribution in [3.8, 4) is 0 Å². The van der Waals surface area contributed by atoms with Crippen LogP contribution in [0.25, 0.3) is 0 Å². The van der Waals surface area contributed by atoms with Gasteiger partial charge in [0.2, 0.25) is 10.7 Å². The van der Waals surface area contributed by atoms with Crippen molar-refractivity contribution in [1.82, 2.24) is 23.5 Å². The Balaban J connectivity index is 0.000000208. The SMILES string of the molecule is CN(C)c1nc(=O)n(C2CCCCC2)c(=O)n1C.COC(=O)CSc1cc(N=c2sc(=O)n3n2CCCC3)c(F)cc1Cl. The van der Waals surface area contributed by atoms with Gasteiger partial charge < -0.3 is 9.64 Å². The van der Waals surface area contributed by atoms with Crippen molar-refractivity contribution in [1.29, 1.82) is 0 Å². The number of nitrogens with zero attached hydrogens (tertiary/aromatic N) is 7. The van der Waals surface area contributed by atoms with Crippen molar-refractivity contribution in [2.45, 2.75) is 69.0 Å². The van der Waals surface area contributed by atoms with Gasteiger partial charge in [0.1, 0.15) is 11.5 Å². The Morgan fingerprint density at radius 1 is 1.14 bits per heavy atom. The molecule has 3 aromatic rings. The third-order valence-electron chi connectivity index (χ3n) is 7.22. The van der Waals surface area contributed by atoms with E-state index in [0.29, 0.717) is 28.7 Å². The van der Waals surface area contributed by atoms with Gasteiger partial charge in [0.05, 0.1) is 17.9 Å². The summed E-state index contributed by atoms with van der Waals surface area (Å²) >= 11 is 8.17. The molecule has 2 aromatic heterocycles. The minimum absolute atomic E-state index is 0.0219. The molecule has 234 valence electrons. The largest absolute Gasteiger partial charge is 0.468 e. The van der Waals surface area contributed by atoms with E-state index in [9.17, 15) is 23.6 Å². The molecule has 3 heterocycles. The highest BCUT2D eigenvalue weighted by Crippen LogP contribution is 2.33. The summed E-state index contributed by atoms with van der Waals surface area (Å²) in [5, 5.41) is 0.199. The Morgan fingerprint density at radius 3 is 2.47 bits per heavy atom. The van der Waals surface area contributed by atoms with Crippen LogP contribution in [0.3, 0.4) is 0 Å². The highest BCUT2D eigenvalue weighted by atomic mass is 35.5. The average Bonchev–Trinajstić information content (AvgIpc) is 3.31. The van der Waals surface area contributed by atoms with Crippen molar-refractivity contribution in [2.75, 3.05) is 31.9 Å². The Labute approximate surface area is 260 Å². The van der Waals surface area contributed by atoms with Crippen LogP contribution in [0.2, 0.25) is 5.02 Å². The molecule has 1 aromatic carbocycles. The maximum absolute atomic E-state index is 14.3. The standard InChI is InChI=1S/C15H15ClFN3O3S2.C12H20N4O2/c1-23-13(21)8-24-12-7-11(10(17)6-9(12)16)18-14-19-4-2-3-5-20(19)15(22)25-14;1-14(2)10-13-11(17)16(12(18)15(10)3)9-7-5-4-6-8-9/h6-7H,2-5,8H2,1H3;9H,4-8H2,1-3H3. The number of fused-ring (bicyclic) bond motifs is 1. The van der Waals surface area contributed by atoms with E-state index in [1.807, 2.05) is 0 Å². The van der Waals surface area contributed by atoms with Gasteiger partial charge in [-0.15, -0.1) is 11.8 Å². The number of hydrogen-bond donors (Lipinski definition) is 0. The highest BCUT2D eigenvalue weighted by molar-refractivity contribution is 8.00. The molecule has 1 saturated carbocycles. The smallest absolute Gasteiger partial charge is 0.355 e. The van der Waals surface area contributed by atoms with Gasteiger partial charge in [0, 0.05) is 45.2 Å². The number of methoxy groups -OCH3 is 1. The van der Waals surface area contributed by atoms with Gasteiger partial charge in [0.25, 0.3) is 0 Å². The van der Waals surface area contributed by atoms with Crippen LogP contribution in [0, 0.1) is 5.82 Å². The van der Waals surface area contributed by atoms with Crippen LogP contribution in [-0.4, -0.2) is 56.4 Å². The fourth-order valence-corrected chi connectivity index (χ4v) is 7.01. The van der Waals surface area contributed by atoms with E-state index in [-0.39, 0.29) is 33.1 Å². The van der Waals surface area contributed by atoms with E-state index in [1.54, 1.807) is 35.4 Å².